The highest BCUT2D eigenvalue weighted by Gasteiger charge is 2.20. The Kier molecular flexibility index (Phi) is 5.60. The van der Waals surface area contributed by atoms with E-state index in [1.165, 1.54) is 6.42 Å². The predicted molar refractivity (Wildman–Crippen MR) is 73.7 cm³/mol. The first-order chi connectivity index (χ1) is 8.99. The molecule has 3 N–H and O–H groups in total. The number of H-pyrrole nitrogens is 1. The van der Waals surface area contributed by atoms with Crippen molar-refractivity contribution in [3.8, 4) is 0 Å². The van der Waals surface area contributed by atoms with Gasteiger partial charge in [-0.05, 0) is 25.8 Å². The second kappa shape index (κ2) is 6.97. The van der Waals surface area contributed by atoms with Gasteiger partial charge in [0.1, 0.15) is 5.69 Å². The molecule has 1 heterocycles. The first-order valence-electron chi connectivity index (χ1n) is 6.69. The summed E-state index contributed by atoms with van der Waals surface area (Å²) in [4.78, 5) is 25.8. The van der Waals surface area contributed by atoms with Crippen LogP contribution in [0.5, 0.6) is 0 Å². The predicted octanol–water partition coefficient (Wildman–Crippen LogP) is 2.64. The molecule has 0 spiro atoms. The SMILES string of the molecule is CCCCCCNC(=O)c1c(C)[nH]c(C(=O)O)c1C. The van der Waals surface area contributed by atoms with Crippen LogP contribution in [-0.4, -0.2) is 28.5 Å². The fourth-order valence-corrected chi connectivity index (χ4v) is 2.15. The van der Waals surface area contributed by atoms with E-state index in [0.29, 0.717) is 23.4 Å². The number of aromatic nitrogens is 1. The molecule has 0 aliphatic carbocycles. The van der Waals surface area contributed by atoms with E-state index in [0.717, 1.165) is 19.3 Å². The molecule has 0 fully saturated rings. The second-order valence-electron chi connectivity index (χ2n) is 4.75. The molecule has 0 saturated heterocycles. The first-order valence-corrected chi connectivity index (χ1v) is 6.69. The fraction of sp³-hybridized carbons (Fsp3) is 0.571. The topological polar surface area (TPSA) is 82.2 Å². The van der Waals surface area contributed by atoms with E-state index < -0.39 is 5.97 Å². The van der Waals surface area contributed by atoms with E-state index in [1.54, 1.807) is 13.8 Å². The van der Waals surface area contributed by atoms with Gasteiger partial charge >= 0.3 is 5.97 Å². The lowest BCUT2D eigenvalue weighted by Gasteiger charge is -2.05. The van der Waals surface area contributed by atoms with Gasteiger partial charge < -0.3 is 15.4 Å². The van der Waals surface area contributed by atoms with Crippen molar-refractivity contribution in [3.05, 3.63) is 22.5 Å². The van der Waals surface area contributed by atoms with E-state index >= 15 is 0 Å². The molecular formula is C14H22N2O3. The van der Waals surface area contributed by atoms with Crippen molar-refractivity contribution >= 4 is 11.9 Å². The largest absolute Gasteiger partial charge is 0.477 e. The molecule has 1 aromatic heterocycles. The van der Waals surface area contributed by atoms with Crippen LogP contribution in [0.25, 0.3) is 0 Å². The Labute approximate surface area is 113 Å². The summed E-state index contributed by atoms with van der Waals surface area (Å²) in [5, 5.41) is 11.8. The molecule has 0 aliphatic heterocycles. The Morgan fingerprint density at radius 3 is 2.42 bits per heavy atom. The van der Waals surface area contributed by atoms with Gasteiger partial charge in [-0.1, -0.05) is 26.2 Å². The molecule has 1 amide bonds. The maximum Gasteiger partial charge on any atom is 0.352 e. The zero-order valence-electron chi connectivity index (χ0n) is 11.8. The number of aromatic carboxylic acids is 1. The molecule has 0 atom stereocenters. The van der Waals surface area contributed by atoms with Crippen LogP contribution >= 0.6 is 0 Å². The summed E-state index contributed by atoms with van der Waals surface area (Å²) in [5.74, 6) is -1.24. The van der Waals surface area contributed by atoms with Gasteiger partial charge in [0.05, 0.1) is 5.56 Å². The molecule has 1 aromatic rings. The van der Waals surface area contributed by atoms with Crippen LogP contribution in [0.1, 0.15) is 64.7 Å². The Bertz CT molecular complexity index is 464. The monoisotopic (exact) mass is 266 g/mol. The quantitative estimate of drug-likeness (QED) is 0.663. The Morgan fingerprint density at radius 2 is 1.89 bits per heavy atom. The Morgan fingerprint density at radius 1 is 1.21 bits per heavy atom. The number of hydrogen-bond donors (Lipinski definition) is 3. The van der Waals surface area contributed by atoms with Gasteiger partial charge in [0.25, 0.3) is 5.91 Å². The van der Waals surface area contributed by atoms with Crippen LogP contribution < -0.4 is 5.32 Å². The van der Waals surface area contributed by atoms with Crippen LogP contribution in [0.3, 0.4) is 0 Å². The summed E-state index contributed by atoms with van der Waals surface area (Å²) in [6.45, 7) is 6.13. The van der Waals surface area contributed by atoms with Crippen molar-refractivity contribution in [2.45, 2.75) is 46.5 Å². The fourth-order valence-electron chi connectivity index (χ4n) is 2.15. The van der Waals surface area contributed by atoms with Gasteiger partial charge in [0, 0.05) is 12.2 Å². The minimum absolute atomic E-state index is 0.0913. The van der Waals surface area contributed by atoms with E-state index in [9.17, 15) is 9.59 Å². The number of carbonyl (C=O) groups excluding carboxylic acids is 1. The number of aryl methyl sites for hydroxylation is 1. The number of rotatable bonds is 7. The van der Waals surface area contributed by atoms with Crippen LogP contribution in [0.2, 0.25) is 0 Å². The lowest BCUT2D eigenvalue weighted by atomic mass is 10.1. The molecule has 0 unspecified atom stereocenters. The zero-order chi connectivity index (χ0) is 14.4. The van der Waals surface area contributed by atoms with Gasteiger partial charge in [0.2, 0.25) is 0 Å². The molecule has 0 aromatic carbocycles. The van der Waals surface area contributed by atoms with E-state index in [1.807, 2.05) is 0 Å². The van der Waals surface area contributed by atoms with Gasteiger partial charge in [0.15, 0.2) is 0 Å². The highest BCUT2D eigenvalue weighted by molar-refractivity contribution is 6.00. The van der Waals surface area contributed by atoms with Crippen LogP contribution in [-0.2, 0) is 0 Å². The number of hydrogen-bond acceptors (Lipinski definition) is 2. The lowest BCUT2D eigenvalue weighted by Crippen LogP contribution is -2.25. The number of aromatic amines is 1. The average molecular weight is 266 g/mol. The molecule has 0 saturated carbocycles. The molecule has 1 rings (SSSR count). The van der Waals surface area contributed by atoms with Crippen molar-refractivity contribution in [2.24, 2.45) is 0 Å². The molecule has 0 aliphatic rings. The minimum atomic E-state index is -1.04. The molecule has 5 nitrogen and oxygen atoms in total. The number of carboxylic acid groups (broad SMARTS) is 1. The Balaban J connectivity index is 2.64. The minimum Gasteiger partial charge on any atom is -0.477 e. The van der Waals surface area contributed by atoms with Crippen LogP contribution in [0, 0.1) is 13.8 Å². The summed E-state index contributed by atoms with van der Waals surface area (Å²) in [7, 11) is 0. The second-order valence-corrected chi connectivity index (χ2v) is 4.75. The third-order valence-corrected chi connectivity index (χ3v) is 3.19. The molecule has 19 heavy (non-hydrogen) atoms. The normalized spacial score (nSPS) is 10.5. The first kappa shape index (κ1) is 15.3. The Hall–Kier alpha value is -1.78. The third kappa shape index (κ3) is 3.84. The van der Waals surface area contributed by atoms with Crippen molar-refractivity contribution < 1.29 is 14.7 Å². The van der Waals surface area contributed by atoms with Crippen molar-refractivity contribution in [2.75, 3.05) is 6.54 Å². The zero-order valence-corrected chi connectivity index (χ0v) is 11.8. The summed E-state index contributed by atoms with van der Waals surface area (Å²) in [5.41, 5.74) is 1.64. The highest BCUT2D eigenvalue weighted by atomic mass is 16.4. The van der Waals surface area contributed by atoms with Crippen LogP contribution in [0.15, 0.2) is 0 Å². The maximum atomic E-state index is 12.0. The number of unbranched alkanes of at least 4 members (excludes halogenated alkanes) is 3. The molecular weight excluding hydrogens is 244 g/mol. The van der Waals surface area contributed by atoms with Gasteiger partial charge in [-0.15, -0.1) is 0 Å². The molecule has 0 bridgehead atoms. The van der Waals surface area contributed by atoms with E-state index in [2.05, 4.69) is 17.2 Å². The van der Waals surface area contributed by atoms with Gasteiger partial charge in [-0.2, -0.15) is 0 Å². The standard InChI is InChI=1S/C14H22N2O3/c1-4-5-6-7-8-15-13(17)11-9(2)12(14(18)19)16-10(11)3/h16H,4-8H2,1-3H3,(H,15,17)(H,18,19). The van der Waals surface area contributed by atoms with Crippen molar-refractivity contribution in [3.63, 3.8) is 0 Å². The summed E-state index contributed by atoms with van der Waals surface area (Å²) < 4.78 is 0. The van der Waals surface area contributed by atoms with Gasteiger partial charge in [-0.3, -0.25) is 4.79 Å². The summed E-state index contributed by atoms with van der Waals surface area (Å²) in [6, 6.07) is 0. The third-order valence-electron chi connectivity index (χ3n) is 3.19. The lowest BCUT2D eigenvalue weighted by molar-refractivity contribution is 0.0690. The molecule has 0 radical (unpaired) electrons. The van der Waals surface area contributed by atoms with Crippen LogP contribution in [0.4, 0.5) is 0 Å². The van der Waals surface area contributed by atoms with Crippen molar-refractivity contribution in [1.29, 1.82) is 0 Å². The summed E-state index contributed by atoms with van der Waals surface area (Å²) >= 11 is 0. The number of carboxylic acids is 1. The van der Waals surface area contributed by atoms with E-state index in [-0.39, 0.29) is 11.6 Å². The summed E-state index contributed by atoms with van der Waals surface area (Å²) in [6.07, 6.45) is 4.38. The number of carbonyl (C=O) groups is 2. The molecule has 106 valence electrons. The smallest absolute Gasteiger partial charge is 0.352 e. The molecule has 5 heteroatoms. The number of nitrogens with one attached hydrogen (secondary N) is 2. The number of amides is 1. The average Bonchev–Trinajstić information content (AvgIpc) is 2.64. The highest BCUT2D eigenvalue weighted by Crippen LogP contribution is 2.17. The maximum absolute atomic E-state index is 12.0. The van der Waals surface area contributed by atoms with Crippen molar-refractivity contribution in [1.82, 2.24) is 10.3 Å². The van der Waals surface area contributed by atoms with Gasteiger partial charge in [-0.25, -0.2) is 4.79 Å². The van der Waals surface area contributed by atoms with E-state index in [4.69, 9.17) is 5.11 Å².